The van der Waals surface area contributed by atoms with Crippen LogP contribution in [0.15, 0.2) is 48.5 Å². The Kier molecular flexibility index (Phi) is 3.85. The molecule has 1 aliphatic rings. The zero-order valence-corrected chi connectivity index (χ0v) is 11.8. The summed E-state index contributed by atoms with van der Waals surface area (Å²) in [6.45, 7) is -0.0724. The molecule has 1 heterocycles. The van der Waals surface area contributed by atoms with Crippen molar-refractivity contribution < 1.29 is 27.4 Å². The molecule has 0 unspecified atom stereocenters. The number of rotatable bonds is 2. The Balaban J connectivity index is 1.76. The number of halogens is 3. The third-order valence-corrected chi connectivity index (χ3v) is 3.29. The lowest BCUT2D eigenvalue weighted by atomic mass is 10.1. The second kappa shape index (κ2) is 5.83. The van der Waals surface area contributed by atoms with Crippen LogP contribution >= 0.6 is 0 Å². The normalized spacial score (nSPS) is 16.7. The zero-order chi connectivity index (χ0) is 16.4. The van der Waals surface area contributed by atoms with Crippen LogP contribution in [0.1, 0.15) is 5.56 Å². The molecule has 1 aliphatic heterocycles. The van der Waals surface area contributed by atoms with Crippen LogP contribution in [0, 0.1) is 0 Å². The fourth-order valence-electron chi connectivity index (χ4n) is 2.20. The highest BCUT2D eigenvalue weighted by Gasteiger charge is 2.35. The summed E-state index contributed by atoms with van der Waals surface area (Å²) in [4.78, 5) is 12.2. The SMILES string of the molecule is O=C(Nc1ccccc1C(F)(F)F)[C@@H]1COc2ccccc2O1. The summed E-state index contributed by atoms with van der Waals surface area (Å²) < 4.78 is 49.7. The van der Waals surface area contributed by atoms with E-state index in [1.54, 1.807) is 24.3 Å². The van der Waals surface area contributed by atoms with Gasteiger partial charge in [0.15, 0.2) is 11.5 Å². The summed E-state index contributed by atoms with van der Waals surface area (Å²) in [5, 5.41) is 2.25. The third-order valence-electron chi connectivity index (χ3n) is 3.29. The van der Waals surface area contributed by atoms with E-state index >= 15 is 0 Å². The minimum atomic E-state index is -4.56. The Labute approximate surface area is 129 Å². The smallest absolute Gasteiger partial charge is 0.418 e. The Morgan fingerprint density at radius 2 is 1.70 bits per heavy atom. The van der Waals surface area contributed by atoms with Gasteiger partial charge in [-0.15, -0.1) is 0 Å². The first-order chi connectivity index (χ1) is 10.9. The first-order valence-electron chi connectivity index (χ1n) is 6.81. The molecule has 3 rings (SSSR count). The Morgan fingerprint density at radius 3 is 2.43 bits per heavy atom. The summed E-state index contributed by atoms with van der Waals surface area (Å²) >= 11 is 0. The lowest BCUT2D eigenvalue weighted by Crippen LogP contribution is -2.40. The van der Waals surface area contributed by atoms with E-state index in [0.717, 1.165) is 6.07 Å². The molecule has 7 heteroatoms. The number of carbonyl (C=O) groups is 1. The van der Waals surface area contributed by atoms with Crippen LogP contribution in [0.4, 0.5) is 18.9 Å². The summed E-state index contributed by atoms with van der Waals surface area (Å²) in [6.07, 6.45) is -5.58. The van der Waals surface area contributed by atoms with Crippen molar-refractivity contribution in [3.63, 3.8) is 0 Å². The van der Waals surface area contributed by atoms with Gasteiger partial charge in [-0.25, -0.2) is 0 Å². The maximum Gasteiger partial charge on any atom is 0.418 e. The number of carbonyl (C=O) groups excluding carboxylic acids is 1. The number of anilines is 1. The van der Waals surface area contributed by atoms with Crippen molar-refractivity contribution in [2.45, 2.75) is 12.3 Å². The standard InChI is InChI=1S/C16H12F3NO3/c17-16(18,19)10-5-1-2-6-11(10)20-15(21)14-9-22-12-7-3-4-8-13(12)23-14/h1-8,14H,9H2,(H,20,21)/t14-/m0/s1. The molecular weight excluding hydrogens is 311 g/mol. The molecule has 0 saturated heterocycles. The van der Waals surface area contributed by atoms with Gasteiger partial charge in [0, 0.05) is 0 Å². The number of hydrogen-bond acceptors (Lipinski definition) is 3. The van der Waals surface area contributed by atoms with Gasteiger partial charge in [0.25, 0.3) is 5.91 Å². The summed E-state index contributed by atoms with van der Waals surface area (Å²) in [5.41, 5.74) is -1.22. The number of nitrogens with one attached hydrogen (secondary N) is 1. The molecule has 0 fully saturated rings. The number of benzene rings is 2. The minimum Gasteiger partial charge on any atom is -0.485 e. The van der Waals surface area contributed by atoms with E-state index in [0.29, 0.717) is 11.5 Å². The lowest BCUT2D eigenvalue weighted by Gasteiger charge is -2.26. The van der Waals surface area contributed by atoms with Crippen LogP contribution in [0.2, 0.25) is 0 Å². The quantitative estimate of drug-likeness (QED) is 0.920. The summed E-state index contributed by atoms with van der Waals surface area (Å²) in [5.74, 6) is 0.173. The van der Waals surface area contributed by atoms with E-state index in [2.05, 4.69) is 5.32 Å². The Morgan fingerprint density at radius 1 is 1.04 bits per heavy atom. The first kappa shape index (κ1) is 15.2. The number of amides is 1. The largest absolute Gasteiger partial charge is 0.485 e. The fraction of sp³-hybridized carbons (Fsp3) is 0.188. The monoisotopic (exact) mass is 323 g/mol. The van der Waals surface area contributed by atoms with Crippen LogP contribution in [0.25, 0.3) is 0 Å². The third kappa shape index (κ3) is 3.23. The van der Waals surface area contributed by atoms with Crippen molar-refractivity contribution in [3.8, 4) is 11.5 Å². The van der Waals surface area contributed by atoms with Gasteiger partial charge in [0.05, 0.1) is 11.3 Å². The molecule has 120 valence electrons. The van der Waals surface area contributed by atoms with E-state index < -0.39 is 23.8 Å². The van der Waals surface area contributed by atoms with Crippen LogP contribution in [-0.2, 0) is 11.0 Å². The van der Waals surface area contributed by atoms with E-state index in [4.69, 9.17) is 9.47 Å². The molecule has 0 spiro atoms. The Hall–Kier alpha value is -2.70. The van der Waals surface area contributed by atoms with Crippen molar-refractivity contribution in [3.05, 3.63) is 54.1 Å². The van der Waals surface area contributed by atoms with Gasteiger partial charge < -0.3 is 14.8 Å². The van der Waals surface area contributed by atoms with Gasteiger partial charge in [-0.2, -0.15) is 13.2 Å². The topological polar surface area (TPSA) is 47.6 Å². The second-order valence-corrected chi connectivity index (χ2v) is 4.90. The van der Waals surface area contributed by atoms with Crippen LogP contribution in [0.3, 0.4) is 0 Å². The highest BCUT2D eigenvalue weighted by Crippen LogP contribution is 2.35. The van der Waals surface area contributed by atoms with Crippen molar-refractivity contribution in [1.82, 2.24) is 0 Å². The maximum atomic E-state index is 12.9. The predicted molar refractivity (Wildman–Crippen MR) is 76.4 cm³/mol. The van der Waals surface area contributed by atoms with Crippen LogP contribution < -0.4 is 14.8 Å². The number of alkyl halides is 3. The van der Waals surface area contributed by atoms with Crippen LogP contribution in [0.5, 0.6) is 11.5 Å². The molecule has 0 bridgehead atoms. The highest BCUT2D eigenvalue weighted by atomic mass is 19.4. The highest BCUT2D eigenvalue weighted by molar-refractivity contribution is 5.95. The molecule has 1 N–H and O–H groups in total. The first-order valence-corrected chi connectivity index (χ1v) is 6.81. The Bertz CT molecular complexity index is 731. The average Bonchev–Trinajstić information content (AvgIpc) is 2.54. The van der Waals surface area contributed by atoms with Gasteiger partial charge in [0.2, 0.25) is 6.10 Å². The van der Waals surface area contributed by atoms with E-state index in [9.17, 15) is 18.0 Å². The van der Waals surface area contributed by atoms with Gasteiger partial charge in [-0.05, 0) is 24.3 Å². The van der Waals surface area contributed by atoms with E-state index in [1.165, 1.54) is 18.2 Å². The van der Waals surface area contributed by atoms with Crippen molar-refractivity contribution in [2.75, 3.05) is 11.9 Å². The van der Waals surface area contributed by atoms with Gasteiger partial charge in [-0.1, -0.05) is 24.3 Å². The van der Waals surface area contributed by atoms with Gasteiger partial charge in [-0.3, -0.25) is 4.79 Å². The molecular formula is C16H12F3NO3. The predicted octanol–water partition coefficient (Wildman–Crippen LogP) is 3.48. The van der Waals surface area contributed by atoms with Gasteiger partial charge in [0.1, 0.15) is 6.61 Å². The zero-order valence-electron chi connectivity index (χ0n) is 11.8. The molecule has 2 aromatic rings. The second-order valence-electron chi connectivity index (χ2n) is 4.90. The molecule has 0 radical (unpaired) electrons. The molecule has 0 aliphatic carbocycles. The molecule has 2 aromatic carbocycles. The fourth-order valence-corrected chi connectivity index (χ4v) is 2.20. The minimum absolute atomic E-state index is 0.0724. The average molecular weight is 323 g/mol. The van der Waals surface area contributed by atoms with Crippen molar-refractivity contribution in [2.24, 2.45) is 0 Å². The lowest BCUT2D eigenvalue weighted by molar-refractivity contribution is -0.137. The van der Waals surface area contributed by atoms with Crippen molar-refractivity contribution in [1.29, 1.82) is 0 Å². The summed E-state index contributed by atoms with van der Waals surface area (Å²) in [7, 11) is 0. The molecule has 1 amide bonds. The summed E-state index contributed by atoms with van der Waals surface area (Å²) in [6, 6.07) is 11.5. The molecule has 0 saturated carbocycles. The van der Waals surface area contributed by atoms with E-state index in [1.807, 2.05) is 0 Å². The number of fused-ring (bicyclic) bond motifs is 1. The molecule has 0 aromatic heterocycles. The van der Waals surface area contributed by atoms with Crippen LogP contribution in [-0.4, -0.2) is 18.6 Å². The maximum absolute atomic E-state index is 12.9. The molecule has 23 heavy (non-hydrogen) atoms. The van der Waals surface area contributed by atoms with Gasteiger partial charge >= 0.3 is 6.18 Å². The number of ether oxygens (including phenoxy) is 2. The van der Waals surface area contributed by atoms with E-state index in [-0.39, 0.29) is 12.3 Å². The molecule has 1 atom stereocenters. The number of para-hydroxylation sites is 3. The molecule has 4 nitrogen and oxygen atoms in total. The van der Waals surface area contributed by atoms with Crippen molar-refractivity contribution >= 4 is 11.6 Å². The number of hydrogen-bond donors (Lipinski definition) is 1.